The van der Waals surface area contributed by atoms with E-state index in [0.717, 1.165) is 0 Å². The molecule has 0 aliphatic carbocycles. The molecule has 0 radical (unpaired) electrons. The summed E-state index contributed by atoms with van der Waals surface area (Å²) in [4.78, 5) is 0. The topological polar surface area (TPSA) is 51.8 Å². The van der Waals surface area contributed by atoms with Gasteiger partial charge < -0.3 is 5.73 Å². The number of nitrogens with two attached hydrogens (primary N) is 1. The SMILES string of the molecule is CC(C)(F)c1cnnc(N)c1. The molecule has 1 heterocycles. The van der Waals surface area contributed by atoms with Gasteiger partial charge in [0.15, 0.2) is 0 Å². The first-order valence-corrected chi connectivity index (χ1v) is 3.28. The summed E-state index contributed by atoms with van der Waals surface area (Å²) in [6.07, 6.45) is 1.37. The first-order chi connectivity index (χ1) is 5.00. The van der Waals surface area contributed by atoms with Crippen molar-refractivity contribution in [3.63, 3.8) is 0 Å². The standard InChI is InChI=1S/C7H10FN3/c1-7(2,8)5-3-6(9)11-10-4-5/h3-4H,1-2H3,(H2,9,11). The predicted octanol–water partition coefficient (Wildman–Crippen LogP) is 1.26. The van der Waals surface area contributed by atoms with Crippen molar-refractivity contribution in [2.24, 2.45) is 0 Å². The zero-order valence-electron chi connectivity index (χ0n) is 6.50. The van der Waals surface area contributed by atoms with Gasteiger partial charge in [-0.1, -0.05) is 0 Å². The number of nitrogens with zero attached hydrogens (tertiary/aromatic N) is 2. The highest BCUT2D eigenvalue weighted by Crippen LogP contribution is 2.23. The first kappa shape index (κ1) is 7.91. The Kier molecular flexibility index (Phi) is 1.76. The molecule has 0 saturated heterocycles. The zero-order chi connectivity index (χ0) is 8.48. The van der Waals surface area contributed by atoms with E-state index < -0.39 is 5.67 Å². The van der Waals surface area contributed by atoms with Crippen LogP contribution in [0, 0.1) is 0 Å². The molecule has 0 aromatic carbocycles. The zero-order valence-corrected chi connectivity index (χ0v) is 6.50. The van der Waals surface area contributed by atoms with Gasteiger partial charge in [-0.2, -0.15) is 5.10 Å². The van der Waals surface area contributed by atoms with Gasteiger partial charge in [0.25, 0.3) is 0 Å². The lowest BCUT2D eigenvalue weighted by Gasteiger charge is -2.13. The lowest BCUT2D eigenvalue weighted by Crippen LogP contribution is -2.10. The third-order valence-electron chi connectivity index (χ3n) is 1.36. The van der Waals surface area contributed by atoms with Gasteiger partial charge in [-0.15, -0.1) is 5.10 Å². The molecule has 1 aromatic rings. The van der Waals surface area contributed by atoms with E-state index >= 15 is 0 Å². The summed E-state index contributed by atoms with van der Waals surface area (Å²) in [6.45, 7) is 2.90. The number of alkyl halides is 1. The fraction of sp³-hybridized carbons (Fsp3) is 0.429. The van der Waals surface area contributed by atoms with Crippen molar-refractivity contribution in [1.82, 2.24) is 10.2 Å². The summed E-state index contributed by atoms with van der Waals surface area (Å²) in [7, 11) is 0. The Hall–Kier alpha value is -1.19. The molecule has 1 rings (SSSR count). The molecule has 0 saturated carbocycles. The summed E-state index contributed by atoms with van der Waals surface area (Å²) >= 11 is 0. The predicted molar refractivity (Wildman–Crippen MR) is 40.6 cm³/mol. The van der Waals surface area contributed by atoms with Crippen molar-refractivity contribution in [2.45, 2.75) is 19.5 Å². The minimum absolute atomic E-state index is 0.244. The molecule has 0 aliphatic rings. The number of halogens is 1. The van der Waals surface area contributed by atoms with Gasteiger partial charge in [-0.25, -0.2) is 4.39 Å². The van der Waals surface area contributed by atoms with Crippen LogP contribution < -0.4 is 5.73 Å². The van der Waals surface area contributed by atoms with Crippen LogP contribution in [0.2, 0.25) is 0 Å². The first-order valence-electron chi connectivity index (χ1n) is 3.28. The third-order valence-corrected chi connectivity index (χ3v) is 1.36. The van der Waals surface area contributed by atoms with Crippen LogP contribution in [0.4, 0.5) is 10.2 Å². The Bertz CT molecular complexity index is 254. The van der Waals surface area contributed by atoms with Gasteiger partial charge >= 0.3 is 0 Å². The van der Waals surface area contributed by atoms with Gasteiger partial charge in [0, 0.05) is 5.56 Å². The van der Waals surface area contributed by atoms with E-state index in [-0.39, 0.29) is 5.82 Å². The molecule has 2 N–H and O–H groups in total. The van der Waals surface area contributed by atoms with E-state index in [1.54, 1.807) is 0 Å². The van der Waals surface area contributed by atoms with Gasteiger partial charge in [0.1, 0.15) is 11.5 Å². The Labute approximate surface area is 64.4 Å². The molecule has 0 aliphatic heterocycles. The Balaban J connectivity index is 3.06. The number of nitrogen functional groups attached to an aromatic ring is 1. The number of anilines is 1. The average molecular weight is 155 g/mol. The smallest absolute Gasteiger partial charge is 0.146 e. The average Bonchev–Trinajstić information content (AvgIpc) is 1.86. The maximum atomic E-state index is 13.2. The van der Waals surface area contributed by atoms with E-state index in [1.807, 2.05) is 0 Å². The maximum Gasteiger partial charge on any atom is 0.146 e. The summed E-state index contributed by atoms with van der Waals surface area (Å²) in [6, 6.07) is 1.48. The third kappa shape index (κ3) is 1.86. The van der Waals surface area contributed by atoms with Crippen molar-refractivity contribution < 1.29 is 4.39 Å². The van der Waals surface area contributed by atoms with Crippen molar-refractivity contribution >= 4 is 5.82 Å². The van der Waals surface area contributed by atoms with Crippen molar-refractivity contribution in [2.75, 3.05) is 5.73 Å². The molecule has 1 aromatic heterocycles. The fourth-order valence-corrected chi connectivity index (χ4v) is 0.708. The van der Waals surface area contributed by atoms with E-state index in [1.165, 1.54) is 26.1 Å². The van der Waals surface area contributed by atoms with Crippen molar-refractivity contribution in [3.8, 4) is 0 Å². The van der Waals surface area contributed by atoms with E-state index in [2.05, 4.69) is 10.2 Å². The second-order valence-electron chi connectivity index (χ2n) is 2.84. The van der Waals surface area contributed by atoms with Crippen LogP contribution >= 0.6 is 0 Å². The summed E-state index contributed by atoms with van der Waals surface area (Å²) in [5, 5.41) is 7.05. The van der Waals surface area contributed by atoms with Crippen LogP contribution in [0.1, 0.15) is 19.4 Å². The number of rotatable bonds is 1. The highest BCUT2D eigenvalue weighted by atomic mass is 19.1. The minimum atomic E-state index is -1.40. The molecule has 0 spiro atoms. The lowest BCUT2D eigenvalue weighted by atomic mass is 10.0. The van der Waals surface area contributed by atoms with Crippen LogP contribution in [0.25, 0.3) is 0 Å². The molecule has 0 atom stereocenters. The molecule has 0 unspecified atom stereocenters. The summed E-state index contributed by atoms with van der Waals surface area (Å²) in [5.41, 5.74) is 4.37. The van der Waals surface area contributed by atoms with Gasteiger partial charge in [0.2, 0.25) is 0 Å². The molecule has 11 heavy (non-hydrogen) atoms. The molecular formula is C7H10FN3. The number of hydrogen-bond acceptors (Lipinski definition) is 3. The second kappa shape index (κ2) is 2.45. The van der Waals surface area contributed by atoms with Gasteiger partial charge in [0.05, 0.1) is 6.20 Å². The van der Waals surface area contributed by atoms with E-state index in [9.17, 15) is 4.39 Å². The number of hydrogen-bond donors (Lipinski definition) is 1. The van der Waals surface area contributed by atoms with Crippen LogP contribution in [-0.4, -0.2) is 10.2 Å². The maximum absolute atomic E-state index is 13.2. The second-order valence-corrected chi connectivity index (χ2v) is 2.84. The van der Waals surface area contributed by atoms with Crippen LogP contribution in [0.3, 0.4) is 0 Å². The van der Waals surface area contributed by atoms with Crippen LogP contribution in [0.15, 0.2) is 12.3 Å². The Morgan fingerprint density at radius 2 is 2.18 bits per heavy atom. The Morgan fingerprint density at radius 1 is 1.55 bits per heavy atom. The monoisotopic (exact) mass is 155 g/mol. The van der Waals surface area contributed by atoms with Crippen molar-refractivity contribution in [3.05, 3.63) is 17.8 Å². The fourth-order valence-electron chi connectivity index (χ4n) is 0.708. The normalized spacial score (nSPS) is 11.5. The van der Waals surface area contributed by atoms with Gasteiger partial charge in [-0.05, 0) is 19.9 Å². The molecule has 60 valence electrons. The minimum Gasteiger partial charge on any atom is -0.382 e. The van der Waals surface area contributed by atoms with Crippen LogP contribution in [-0.2, 0) is 5.67 Å². The van der Waals surface area contributed by atoms with Gasteiger partial charge in [-0.3, -0.25) is 0 Å². The molecule has 0 bridgehead atoms. The molecule has 4 heteroatoms. The lowest BCUT2D eigenvalue weighted by molar-refractivity contribution is 0.220. The van der Waals surface area contributed by atoms with E-state index in [4.69, 9.17) is 5.73 Å². The molecular weight excluding hydrogens is 145 g/mol. The largest absolute Gasteiger partial charge is 0.382 e. The van der Waals surface area contributed by atoms with Crippen LogP contribution in [0.5, 0.6) is 0 Å². The highest BCUT2D eigenvalue weighted by Gasteiger charge is 2.19. The van der Waals surface area contributed by atoms with E-state index in [0.29, 0.717) is 5.56 Å². The Morgan fingerprint density at radius 3 is 2.55 bits per heavy atom. The highest BCUT2D eigenvalue weighted by molar-refractivity contribution is 5.31. The van der Waals surface area contributed by atoms with Crippen molar-refractivity contribution in [1.29, 1.82) is 0 Å². The summed E-state index contributed by atoms with van der Waals surface area (Å²) in [5.74, 6) is 0.244. The molecule has 0 fully saturated rings. The molecule has 3 nitrogen and oxygen atoms in total. The quantitative estimate of drug-likeness (QED) is 0.664. The molecule has 0 amide bonds. The summed E-state index contributed by atoms with van der Waals surface area (Å²) < 4.78 is 13.2. The number of aromatic nitrogens is 2.